The number of hydrazine groups is 1. The van der Waals surface area contributed by atoms with Crippen molar-refractivity contribution in [3.8, 4) is 23.3 Å². The largest absolute Gasteiger partial charge is 0.409 e. The summed E-state index contributed by atoms with van der Waals surface area (Å²) in [6.07, 6.45) is 6.32. The molecule has 7 nitrogen and oxygen atoms in total. The molecule has 0 bridgehead atoms. The molecule has 1 heterocycles. The van der Waals surface area contributed by atoms with Gasteiger partial charge in [-0.05, 0) is 55.2 Å². The molecule has 0 saturated heterocycles. The van der Waals surface area contributed by atoms with E-state index in [4.69, 9.17) is 27.8 Å². The van der Waals surface area contributed by atoms with Gasteiger partial charge in [-0.1, -0.05) is 24.7 Å². The maximum atomic E-state index is 7.08. The van der Waals surface area contributed by atoms with Gasteiger partial charge in [0.05, 0.1) is 0 Å². The number of nitrogens with two attached hydrogens (primary N) is 1. The van der Waals surface area contributed by atoms with Crippen LogP contribution >= 0.6 is 12.2 Å². The second kappa shape index (κ2) is 8.65. The van der Waals surface area contributed by atoms with Crippen LogP contribution in [0.15, 0.2) is 28.7 Å². The lowest BCUT2D eigenvalue weighted by atomic mass is 10.0. The number of nitrogens with one attached hydrogen (secondary N) is 3. The molecule has 1 aliphatic rings. The van der Waals surface area contributed by atoms with Crippen LogP contribution in [0.3, 0.4) is 0 Å². The molecule has 0 atom stereocenters. The molecule has 0 amide bonds. The van der Waals surface area contributed by atoms with Gasteiger partial charge in [-0.15, -0.1) is 5.10 Å². The van der Waals surface area contributed by atoms with Crippen LogP contribution in [0.2, 0.25) is 0 Å². The van der Waals surface area contributed by atoms with E-state index in [9.17, 15) is 0 Å². The van der Waals surface area contributed by atoms with Gasteiger partial charge >= 0.3 is 0 Å². The molecule has 136 valence electrons. The van der Waals surface area contributed by atoms with Crippen molar-refractivity contribution in [1.29, 1.82) is 5.41 Å². The lowest BCUT2D eigenvalue weighted by Crippen LogP contribution is -2.42. The van der Waals surface area contributed by atoms with Gasteiger partial charge in [0.15, 0.2) is 5.96 Å². The van der Waals surface area contributed by atoms with E-state index in [2.05, 4.69) is 27.8 Å². The molecular formula is C18H22N6OS. The molecule has 0 spiro atoms. The molecule has 1 saturated carbocycles. The normalized spacial score (nSPS) is 14.0. The average Bonchev–Trinajstić information content (AvgIpc) is 3.26. The monoisotopic (exact) mass is 370 g/mol. The Hall–Kier alpha value is -2.63. The third-order valence-corrected chi connectivity index (χ3v) is 4.58. The van der Waals surface area contributed by atoms with E-state index in [0.717, 1.165) is 23.5 Å². The summed E-state index contributed by atoms with van der Waals surface area (Å²) in [6.45, 7) is 0.229. The number of nitrogens with zero attached hydrogens (tertiary/aromatic N) is 2. The van der Waals surface area contributed by atoms with Gasteiger partial charge < -0.3 is 10.2 Å². The molecule has 0 radical (unpaired) electrons. The van der Waals surface area contributed by atoms with Crippen LogP contribution in [0.4, 0.5) is 0 Å². The Kier molecular flexibility index (Phi) is 6.04. The van der Waals surface area contributed by atoms with E-state index < -0.39 is 0 Å². The molecule has 1 fully saturated rings. The molecule has 5 N–H and O–H groups in total. The average molecular weight is 370 g/mol. The van der Waals surface area contributed by atoms with Gasteiger partial charge in [-0.25, -0.2) is 10.1 Å². The standard InChI is InChI=1S/C18H22N6OS/c19-17(20)22-21-12-24-18(26)25-16(23-24)15-10-8-14(9-11-15)7-3-6-13-4-1-2-5-13/h8-11,13,21H,1-2,4-6,12H2,(H4,19,20,22). The smallest absolute Gasteiger partial charge is 0.288 e. The minimum Gasteiger partial charge on any atom is -0.409 e. The Morgan fingerprint density at radius 3 is 2.77 bits per heavy atom. The number of aromatic nitrogens is 2. The van der Waals surface area contributed by atoms with Gasteiger partial charge in [0.1, 0.15) is 6.67 Å². The van der Waals surface area contributed by atoms with Crippen LogP contribution in [-0.4, -0.2) is 15.7 Å². The van der Waals surface area contributed by atoms with Crippen LogP contribution in [-0.2, 0) is 6.67 Å². The number of guanidine groups is 1. The van der Waals surface area contributed by atoms with E-state index >= 15 is 0 Å². The summed E-state index contributed by atoms with van der Waals surface area (Å²) in [5.41, 5.74) is 12.2. The molecule has 8 heteroatoms. The van der Waals surface area contributed by atoms with E-state index in [1.54, 1.807) is 0 Å². The summed E-state index contributed by atoms with van der Waals surface area (Å²) in [5.74, 6) is 7.55. The van der Waals surface area contributed by atoms with E-state index in [1.807, 2.05) is 24.3 Å². The lowest BCUT2D eigenvalue weighted by molar-refractivity contribution is 0.454. The van der Waals surface area contributed by atoms with Gasteiger partial charge in [-0.2, -0.15) is 0 Å². The van der Waals surface area contributed by atoms with Crippen molar-refractivity contribution in [3.63, 3.8) is 0 Å². The Morgan fingerprint density at radius 2 is 2.08 bits per heavy atom. The zero-order valence-corrected chi connectivity index (χ0v) is 15.2. The zero-order chi connectivity index (χ0) is 18.4. The van der Waals surface area contributed by atoms with Crippen LogP contribution < -0.4 is 16.6 Å². The Labute approximate surface area is 157 Å². The summed E-state index contributed by atoms with van der Waals surface area (Å²) >= 11 is 5.15. The van der Waals surface area contributed by atoms with E-state index in [-0.39, 0.29) is 17.5 Å². The van der Waals surface area contributed by atoms with Crippen molar-refractivity contribution in [1.82, 2.24) is 20.6 Å². The molecule has 0 unspecified atom stereocenters. The first-order valence-electron chi connectivity index (χ1n) is 8.62. The predicted molar refractivity (Wildman–Crippen MR) is 102 cm³/mol. The number of rotatable bonds is 5. The fraction of sp³-hybridized carbons (Fsp3) is 0.389. The molecule has 0 aliphatic heterocycles. The molecule has 26 heavy (non-hydrogen) atoms. The van der Waals surface area contributed by atoms with Crippen LogP contribution in [0.25, 0.3) is 11.5 Å². The summed E-state index contributed by atoms with van der Waals surface area (Å²) in [6, 6.07) is 7.77. The zero-order valence-electron chi connectivity index (χ0n) is 14.4. The van der Waals surface area contributed by atoms with Crippen LogP contribution in [0.5, 0.6) is 0 Å². The van der Waals surface area contributed by atoms with Crippen LogP contribution in [0, 0.1) is 28.0 Å². The Bertz CT molecular complexity index is 868. The lowest BCUT2D eigenvalue weighted by Gasteiger charge is -2.04. The quantitative estimate of drug-likeness (QED) is 0.212. The first kappa shape index (κ1) is 18.2. The van der Waals surface area contributed by atoms with Crippen molar-refractivity contribution < 1.29 is 4.42 Å². The molecular weight excluding hydrogens is 348 g/mol. The highest BCUT2D eigenvalue weighted by atomic mass is 32.1. The summed E-state index contributed by atoms with van der Waals surface area (Å²) in [5, 5.41) is 11.4. The minimum atomic E-state index is -0.190. The van der Waals surface area contributed by atoms with E-state index in [1.165, 1.54) is 30.4 Å². The molecule has 1 aromatic carbocycles. The SMILES string of the molecule is N=C(N)NNCn1nc(-c2ccc(C#CCC3CCCC3)cc2)oc1=S. The first-order valence-corrected chi connectivity index (χ1v) is 9.03. The van der Waals surface area contributed by atoms with Gasteiger partial charge in [0.25, 0.3) is 4.84 Å². The third kappa shape index (κ3) is 4.94. The third-order valence-electron chi connectivity index (χ3n) is 4.29. The summed E-state index contributed by atoms with van der Waals surface area (Å²) in [4.78, 5) is 0.235. The Morgan fingerprint density at radius 1 is 1.35 bits per heavy atom. The van der Waals surface area contributed by atoms with Gasteiger partial charge in [0, 0.05) is 17.5 Å². The van der Waals surface area contributed by atoms with Crippen LogP contribution in [0.1, 0.15) is 37.7 Å². The highest BCUT2D eigenvalue weighted by Crippen LogP contribution is 2.27. The van der Waals surface area contributed by atoms with Crippen molar-refractivity contribution in [2.24, 2.45) is 11.7 Å². The molecule has 1 aromatic heterocycles. The topological polar surface area (TPSA) is 105 Å². The van der Waals surface area contributed by atoms with Gasteiger partial charge in [0.2, 0.25) is 5.89 Å². The molecule has 2 aromatic rings. The van der Waals surface area contributed by atoms with Crippen molar-refractivity contribution in [3.05, 3.63) is 34.7 Å². The highest BCUT2D eigenvalue weighted by Gasteiger charge is 2.13. The fourth-order valence-corrected chi connectivity index (χ4v) is 3.12. The maximum absolute atomic E-state index is 7.08. The number of hydrogen-bond donors (Lipinski definition) is 4. The number of hydrogen-bond acceptors (Lipinski definition) is 5. The second-order valence-electron chi connectivity index (χ2n) is 6.28. The molecule has 3 rings (SSSR count). The molecule has 1 aliphatic carbocycles. The van der Waals surface area contributed by atoms with Crippen molar-refractivity contribution in [2.45, 2.75) is 38.8 Å². The van der Waals surface area contributed by atoms with Gasteiger partial charge in [-0.3, -0.25) is 10.8 Å². The van der Waals surface area contributed by atoms with E-state index in [0.29, 0.717) is 5.89 Å². The highest BCUT2D eigenvalue weighted by molar-refractivity contribution is 7.71. The van der Waals surface area contributed by atoms with Crippen molar-refractivity contribution in [2.75, 3.05) is 0 Å². The number of benzene rings is 1. The minimum absolute atomic E-state index is 0.190. The van der Waals surface area contributed by atoms with Crippen molar-refractivity contribution >= 4 is 18.2 Å². The first-order chi connectivity index (χ1) is 12.6. The predicted octanol–water partition coefficient (Wildman–Crippen LogP) is 2.75. The summed E-state index contributed by atoms with van der Waals surface area (Å²) < 4.78 is 6.99. The fourth-order valence-electron chi connectivity index (χ4n) is 2.94. The summed E-state index contributed by atoms with van der Waals surface area (Å²) in [7, 11) is 0. The maximum Gasteiger partial charge on any atom is 0.288 e. The Balaban J connectivity index is 1.62. The second-order valence-corrected chi connectivity index (χ2v) is 6.63.